The van der Waals surface area contributed by atoms with Crippen molar-refractivity contribution in [3.63, 3.8) is 0 Å². The quantitative estimate of drug-likeness (QED) is 0.431. The summed E-state index contributed by atoms with van der Waals surface area (Å²) in [5, 5.41) is 19.5. The molecule has 0 radical (unpaired) electrons. The first-order valence-corrected chi connectivity index (χ1v) is 8.07. The van der Waals surface area contributed by atoms with Gasteiger partial charge in [0.1, 0.15) is 12.1 Å². The van der Waals surface area contributed by atoms with E-state index < -0.39 is 29.8 Å². The summed E-state index contributed by atoms with van der Waals surface area (Å²) in [6, 6.07) is -0.996. The van der Waals surface area contributed by atoms with Crippen LogP contribution in [0.15, 0.2) is 0 Å². The molecule has 0 bridgehead atoms. The Morgan fingerprint density at radius 3 is 2.43 bits per heavy atom. The number of ketones is 1. The molecule has 2 atom stereocenters. The van der Waals surface area contributed by atoms with Crippen LogP contribution in [0.3, 0.4) is 0 Å². The predicted molar refractivity (Wildman–Crippen MR) is 84.1 cm³/mol. The monoisotopic (exact) mass is 326 g/mol. The van der Waals surface area contributed by atoms with Gasteiger partial charge < -0.3 is 20.6 Å². The molecule has 1 rings (SSSR count). The average Bonchev–Trinajstić information content (AvgIpc) is 3.03. The van der Waals surface area contributed by atoms with E-state index in [1.165, 1.54) is 0 Å². The van der Waals surface area contributed by atoms with E-state index in [1.54, 1.807) is 13.8 Å². The van der Waals surface area contributed by atoms with Crippen LogP contribution >= 0.6 is 0 Å². The minimum absolute atomic E-state index is 0.0405. The fourth-order valence-corrected chi connectivity index (χ4v) is 2.67. The molecule has 1 saturated carbocycles. The van der Waals surface area contributed by atoms with Gasteiger partial charge in [0.05, 0.1) is 12.3 Å². The zero-order valence-corrected chi connectivity index (χ0v) is 13.7. The Balaban J connectivity index is 2.65. The number of Topliss-reactive ketones (excluding diaryl/α,β-unsaturated/α-hetero) is 1. The van der Waals surface area contributed by atoms with Gasteiger partial charge >= 0.3 is 5.97 Å². The van der Waals surface area contributed by atoms with Crippen LogP contribution in [0, 0.1) is 11.3 Å². The molecule has 1 aliphatic rings. The molecule has 7 heteroatoms. The maximum absolute atomic E-state index is 12.1. The van der Waals surface area contributed by atoms with E-state index >= 15 is 0 Å². The summed E-state index contributed by atoms with van der Waals surface area (Å²) in [6.07, 6.45) is 2.75. The molecule has 1 aliphatic carbocycles. The molecule has 0 aromatic carbocycles. The van der Waals surface area contributed by atoms with Crippen molar-refractivity contribution in [1.29, 1.82) is 5.41 Å². The van der Waals surface area contributed by atoms with E-state index in [9.17, 15) is 19.5 Å². The molecule has 3 N–H and O–H groups in total. The van der Waals surface area contributed by atoms with Crippen molar-refractivity contribution in [1.82, 2.24) is 5.32 Å². The van der Waals surface area contributed by atoms with E-state index in [2.05, 4.69) is 5.32 Å². The maximum atomic E-state index is 12.1. The number of aliphatic hydroxyl groups is 1. The molecule has 23 heavy (non-hydrogen) atoms. The lowest BCUT2D eigenvalue weighted by Crippen LogP contribution is -2.48. The van der Waals surface area contributed by atoms with Gasteiger partial charge in [-0.2, -0.15) is 0 Å². The van der Waals surface area contributed by atoms with Gasteiger partial charge in [0, 0.05) is 6.42 Å². The highest BCUT2D eigenvalue weighted by molar-refractivity contribution is 6.26. The van der Waals surface area contributed by atoms with Gasteiger partial charge in [0.25, 0.3) is 0 Å². The van der Waals surface area contributed by atoms with Gasteiger partial charge in [-0.25, -0.2) is 4.79 Å². The fourth-order valence-electron chi connectivity index (χ4n) is 2.67. The van der Waals surface area contributed by atoms with E-state index in [4.69, 9.17) is 10.1 Å². The lowest BCUT2D eigenvalue weighted by Gasteiger charge is -2.22. The maximum Gasteiger partial charge on any atom is 0.328 e. The lowest BCUT2D eigenvalue weighted by molar-refractivity contribution is -0.152. The van der Waals surface area contributed by atoms with Crippen LogP contribution < -0.4 is 5.32 Å². The topological polar surface area (TPSA) is 117 Å². The fraction of sp³-hybridized carbons (Fsp3) is 0.750. The molecule has 1 fully saturated rings. The molecule has 1 amide bonds. The minimum Gasteiger partial charge on any atom is -0.461 e. The Morgan fingerprint density at radius 2 is 1.91 bits per heavy atom. The third-order valence-electron chi connectivity index (χ3n) is 3.91. The number of esters is 1. The number of ether oxygens (including phenoxy) is 1. The van der Waals surface area contributed by atoms with E-state index in [0.717, 1.165) is 25.7 Å². The molecule has 0 unspecified atom stereocenters. The van der Waals surface area contributed by atoms with Crippen molar-refractivity contribution in [2.24, 2.45) is 5.92 Å². The molecule has 0 aromatic heterocycles. The van der Waals surface area contributed by atoms with Crippen molar-refractivity contribution in [2.45, 2.75) is 70.6 Å². The number of hydrogen-bond acceptors (Lipinski definition) is 6. The molecular formula is C16H26N2O5. The molecule has 0 saturated heterocycles. The normalized spacial score (nSPS) is 17.6. The van der Waals surface area contributed by atoms with Crippen molar-refractivity contribution in [3.05, 3.63) is 0 Å². The summed E-state index contributed by atoms with van der Waals surface area (Å²) in [5.74, 6) is -1.76. The number of carbonyl (C=O) groups excluding carboxylic acids is 3. The lowest BCUT2D eigenvalue weighted by atomic mass is 9.99. The number of rotatable bonds is 9. The standard InChI is InChI=1S/C16H26N2O5/c1-10(2)23-16(22)13(8-7-12(19)9-17)18-15(21)14(20)11-5-3-4-6-11/h9-11,13-14,17,20H,3-8H2,1-2H3,(H,18,21)/t13-,14-/m0/s1. The van der Waals surface area contributed by atoms with E-state index in [0.29, 0.717) is 6.21 Å². The van der Waals surface area contributed by atoms with Crippen molar-refractivity contribution in [2.75, 3.05) is 0 Å². The molecule has 0 spiro atoms. The van der Waals surface area contributed by atoms with Crippen molar-refractivity contribution < 1.29 is 24.2 Å². The van der Waals surface area contributed by atoms with Gasteiger partial charge in [0.15, 0.2) is 5.78 Å². The molecule has 0 heterocycles. The first kappa shape index (κ1) is 19.3. The molecular weight excluding hydrogens is 300 g/mol. The third kappa shape index (κ3) is 6.48. The van der Waals surface area contributed by atoms with Gasteiger partial charge in [-0.3, -0.25) is 9.59 Å². The Bertz CT molecular complexity index is 444. The van der Waals surface area contributed by atoms with Gasteiger partial charge in [-0.1, -0.05) is 12.8 Å². The Morgan fingerprint density at radius 1 is 1.30 bits per heavy atom. The van der Waals surface area contributed by atoms with Crippen LogP contribution in [0.2, 0.25) is 0 Å². The molecule has 0 aromatic rings. The Labute approximate surface area is 136 Å². The van der Waals surface area contributed by atoms with Crippen LogP contribution in [0.25, 0.3) is 0 Å². The summed E-state index contributed by atoms with van der Waals surface area (Å²) in [7, 11) is 0. The second kappa shape index (κ2) is 9.39. The minimum atomic E-state index is -1.15. The third-order valence-corrected chi connectivity index (χ3v) is 3.91. The van der Waals surface area contributed by atoms with Gasteiger partial charge in [-0.05, 0) is 39.0 Å². The van der Waals surface area contributed by atoms with E-state index in [-0.39, 0.29) is 24.9 Å². The summed E-state index contributed by atoms with van der Waals surface area (Å²) < 4.78 is 5.08. The molecule has 130 valence electrons. The first-order valence-electron chi connectivity index (χ1n) is 8.07. The number of aliphatic hydroxyl groups excluding tert-OH is 1. The summed E-state index contributed by atoms with van der Waals surface area (Å²) >= 11 is 0. The Hall–Kier alpha value is -1.76. The second-order valence-electron chi connectivity index (χ2n) is 6.19. The summed E-state index contributed by atoms with van der Waals surface area (Å²) in [5.41, 5.74) is 0. The van der Waals surface area contributed by atoms with Crippen LogP contribution in [-0.4, -0.2) is 47.2 Å². The van der Waals surface area contributed by atoms with Gasteiger partial charge in [0.2, 0.25) is 5.91 Å². The predicted octanol–water partition coefficient (Wildman–Crippen LogP) is 0.973. The van der Waals surface area contributed by atoms with Gasteiger partial charge in [-0.15, -0.1) is 0 Å². The van der Waals surface area contributed by atoms with Crippen LogP contribution in [-0.2, 0) is 19.1 Å². The highest BCUT2D eigenvalue weighted by Gasteiger charge is 2.32. The number of carbonyl (C=O) groups is 3. The smallest absolute Gasteiger partial charge is 0.328 e. The van der Waals surface area contributed by atoms with Crippen LogP contribution in [0.5, 0.6) is 0 Å². The average molecular weight is 326 g/mol. The van der Waals surface area contributed by atoms with Crippen molar-refractivity contribution in [3.8, 4) is 0 Å². The Kier molecular flexibility index (Phi) is 7.88. The zero-order chi connectivity index (χ0) is 17.4. The highest BCUT2D eigenvalue weighted by Crippen LogP contribution is 2.27. The number of nitrogens with one attached hydrogen (secondary N) is 2. The van der Waals surface area contributed by atoms with E-state index in [1.807, 2.05) is 0 Å². The summed E-state index contributed by atoms with van der Waals surface area (Å²) in [6.45, 7) is 3.37. The van der Waals surface area contributed by atoms with Crippen molar-refractivity contribution >= 4 is 23.9 Å². The summed E-state index contributed by atoms with van der Waals surface area (Å²) in [4.78, 5) is 35.4. The van der Waals surface area contributed by atoms with Crippen LogP contribution in [0.1, 0.15) is 52.4 Å². The highest BCUT2D eigenvalue weighted by atomic mass is 16.5. The van der Waals surface area contributed by atoms with Crippen LogP contribution in [0.4, 0.5) is 0 Å². The largest absolute Gasteiger partial charge is 0.461 e. The molecule has 0 aliphatic heterocycles. The first-order chi connectivity index (χ1) is 10.8. The number of amides is 1. The second-order valence-corrected chi connectivity index (χ2v) is 6.19. The SMILES string of the molecule is CC(C)OC(=O)[C@H](CCC(=O)C=N)NC(=O)[C@@H](O)C1CCCC1. The molecule has 7 nitrogen and oxygen atoms in total. The number of hydrogen-bond donors (Lipinski definition) is 3. The zero-order valence-electron chi connectivity index (χ0n) is 13.7.